The van der Waals surface area contributed by atoms with Gasteiger partial charge in [-0.15, -0.1) is 0 Å². The Morgan fingerprint density at radius 2 is 2.05 bits per heavy atom. The molecule has 1 aliphatic heterocycles. The molecule has 2 amide bonds. The number of ether oxygens (including phenoxy) is 1. The fraction of sp³-hybridized carbons (Fsp3) is 0.529. The summed E-state index contributed by atoms with van der Waals surface area (Å²) >= 11 is 0. The molecule has 1 aliphatic carbocycles. The van der Waals surface area contributed by atoms with Crippen LogP contribution in [0.2, 0.25) is 0 Å². The van der Waals surface area contributed by atoms with E-state index in [4.69, 9.17) is 0 Å². The average molecular weight is 302 g/mol. The number of benzene rings is 1. The van der Waals surface area contributed by atoms with Crippen molar-refractivity contribution in [3.63, 3.8) is 0 Å². The Kier molecular flexibility index (Phi) is 4.32. The van der Waals surface area contributed by atoms with E-state index in [1.54, 1.807) is 24.3 Å². The van der Waals surface area contributed by atoms with Gasteiger partial charge in [0.1, 0.15) is 0 Å². The summed E-state index contributed by atoms with van der Waals surface area (Å²) in [7, 11) is 1.32. The fourth-order valence-electron chi connectivity index (χ4n) is 3.42. The summed E-state index contributed by atoms with van der Waals surface area (Å²) < 4.78 is 4.58. The van der Waals surface area contributed by atoms with Crippen LogP contribution >= 0.6 is 0 Å². The van der Waals surface area contributed by atoms with E-state index < -0.39 is 6.09 Å². The van der Waals surface area contributed by atoms with E-state index in [1.165, 1.54) is 26.4 Å². The van der Waals surface area contributed by atoms with Crippen molar-refractivity contribution in [3.8, 4) is 0 Å². The van der Waals surface area contributed by atoms with Crippen LogP contribution in [0.1, 0.15) is 42.5 Å². The monoisotopic (exact) mass is 302 g/mol. The highest BCUT2D eigenvalue weighted by Crippen LogP contribution is 2.37. The zero-order chi connectivity index (χ0) is 15.5. The molecule has 2 aliphatic rings. The van der Waals surface area contributed by atoms with Crippen molar-refractivity contribution in [3.05, 3.63) is 29.8 Å². The number of rotatable bonds is 3. The number of amides is 2. The van der Waals surface area contributed by atoms with E-state index in [-0.39, 0.29) is 5.91 Å². The molecule has 0 spiro atoms. The van der Waals surface area contributed by atoms with Crippen LogP contribution < -0.4 is 5.32 Å². The van der Waals surface area contributed by atoms with E-state index in [9.17, 15) is 9.59 Å². The second-order valence-corrected chi connectivity index (χ2v) is 6.10. The first kappa shape index (κ1) is 14.9. The van der Waals surface area contributed by atoms with Crippen LogP contribution in [0, 0.1) is 5.92 Å². The van der Waals surface area contributed by atoms with Gasteiger partial charge in [-0.25, -0.2) is 4.79 Å². The maximum absolute atomic E-state index is 12.8. The Bertz CT molecular complexity index is 569. The SMILES string of the molecule is COC(=O)Nc1cccc(C(=O)N2CCC[C@@H]2C2CCC2)c1. The van der Waals surface area contributed by atoms with Crippen LogP contribution in [-0.4, -0.2) is 36.6 Å². The van der Waals surface area contributed by atoms with Gasteiger partial charge < -0.3 is 9.64 Å². The van der Waals surface area contributed by atoms with E-state index >= 15 is 0 Å². The molecule has 0 aromatic heterocycles. The molecule has 5 nitrogen and oxygen atoms in total. The van der Waals surface area contributed by atoms with Crippen LogP contribution in [0.15, 0.2) is 24.3 Å². The Balaban J connectivity index is 1.73. The number of nitrogens with one attached hydrogen (secondary N) is 1. The minimum absolute atomic E-state index is 0.0721. The largest absolute Gasteiger partial charge is 0.453 e. The molecule has 1 saturated carbocycles. The molecule has 2 fully saturated rings. The van der Waals surface area contributed by atoms with Crippen LogP contribution in [0.3, 0.4) is 0 Å². The summed E-state index contributed by atoms with van der Waals surface area (Å²) in [5, 5.41) is 2.60. The van der Waals surface area contributed by atoms with Gasteiger partial charge in [0.15, 0.2) is 0 Å². The maximum atomic E-state index is 12.8. The third kappa shape index (κ3) is 2.93. The second-order valence-electron chi connectivity index (χ2n) is 6.10. The first-order chi connectivity index (χ1) is 10.7. The Morgan fingerprint density at radius 1 is 1.23 bits per heavy atom. The van der Waals surface area contributed by atoms with Gasteiger partial charge in [0.2, 0.25) is 0 Å². The fourth-order valence-corrected chi connectivity index (χ4v) is 3.42. The van der Waals surface area contributed by atoms with Crippen molar-refractivity contribution in [2.24, 2.45) is 5.92 Å². The zero-order valence-corrected chi connectivity index (χ0v) is 12.9. The lowest BCUT2D eigenvalue weighted by Crippen LogP contribution is -2.42. The van der Waals surface area contributed by atoms with Gasteiger partial charge in [0.25, 0.3) is 5.91 Å². The van der Waals surface area contributed by atoms with Crippen LogP contribution in [0.25, 0.3) is 0 Å². The molecular formula is C17H22N2O3. The zero-order valence-electron chi connectivity index (χ0n) is 12.9. The summed E-state index contributed by atoms with van der Waals surface area (Å²) in [6.45, 7) is 0.842. The number of carbonyl (C=O) groups excluding carboxylic acids is 2. The normalized spacial score (nSPS) is 21.3. The molecule has 0 unspecified atom stereocenters. The van der Waals surface area contributed by atoms with Crippen molar-refractivity contribution in [2.75, 3.05) is 19.0 Å². The molecule has 1 saturated heterocycles. The van der Waals surface area contributed by atoms with Gasteiger partial charge >= 0.3 is 6.09 Å². The molecule has 0 bridgehead atoms. The van der Waals surface area contributed by atoms with Crippen molar-refractivity contribution in [1.82, 2.24) is 4.90 Å². The lowest BCUT2D eigenvalue weighted by molar-refractivity contribution is 0.0626. The number of anilines is 1. The second kappa shape index (κ2) is 6.38. The summed E-state index contributed by atoms with van der Waals surface area (Å²) in [5.74, 6) is 0.755. The molecule has 118 valence electrons. The van der Waals surface area contributed by atoms with E-state index in [0.29, 0.717) is 23.2 Å². The van der Waals surface area contributed by atoms with Crippen LogP contribution in [0.5, 0.6) is 0 Å². The van der Waals surface area contributed by atoms with E-state index in [2.05, 4.69) is 10.1 Å². The Morgan fingerprint density at radius 3 is 2.73 bits per heavy atom. The van der Waals surface area contributed by atoms with Crippen LogP contribution in [0.4, 0.5) is 10.5 Å². The third-order valence-electron chi connectivity index (χ3n) is 4.80. The summed E-state index contributed by atoms with van der Waals surface area (Å²) in [4.78, 5) is 26.1. The molecule has 3 rings (SSSR count). The summed E-state index contributed by atoms with van der Waals surface area (Å²) in [5.41, 5.74) is 1.21. The van der Waals surface area contributed by atoms with Crippen molar-refractivity contribution in [1.29, 1.82) is 0 Å². The number of hydrogen-bond acceptors (Lipinski definition) is 3. The highest BCUT2D eigenvalue weighted by Gasteiger charge is 2.37. The first-order valence-electron chi connectivity index (χ1n) is 7.95. The number of likely N-dealkylation sites (tertiary alicyclic amines) is 1. The molecular weight excluding hydrogens is 280 g/mol. The quantitative estimate of drug-likeness (QED) is 0.932. The lowest BCUT2D eigenvalue weighted by Gasteiger charge is -2.37. The summed E-state index contributed by atoms with van der Waals surface area (Å²) in [6, 6.07) is 7.46. The molecule has 1 atom stereocenters. The summed E-state index contributed by atoms with van der Waals surface area (Å²) in [6.07, 6.45) is 5.47. The standard InChI is InChI=1S/C17H22N2O3/c1-22-17(21)18-14-8-3-7-13(11-14)16(20)19-10-4-9-15(19)12-5-2-6-12/h3,7-8,11-12,15H,2,4-6,9-10H2,1H3,(H,18,21)/t15-/m1/s1. The van der Waals surface area contributed by atoms with Crippen molar-refractivity contribution >= 4 is 17.7 Å². The molecule has 22 heavy (non-hydrogen) atoms. The van der Waals surface area contributed by atoms with Gasteiger partial charge in [-0.3, -0.25) is 10.1 Å². The Labute approximate surface area is 130 Å². The van der Waals surface area contributed by atoms with E-state index in [0.717, 1.165) is 19.4 Å². The predicted octanol–water partition coefficient (Wildman–Crippen LogP) is 3.27. The predicted molar refractivity (Wildman–Crippen MR) is 83.9 cm³/mol. The Hall–Kier alpha value is -2.04. The number of nitrogens with zero attached hydrogens (tertiary/aromatic N) is 1. The molecule has 1 N–H and O–H groups in total. The molecule has 1 heterocycles. The molecule has 0 radical (unpaired) electrons. The third-order valence-corrected chi connectivity index (χ3v) is 4.80. The van der Waals surface area contributed by atoms with Gasteiger partial charge in [-0.05, 0) is 49.8 Å². The van der Waals surface area contributed by atoms with Crippen molar-refractivity contribution < 1.29 is 14.3 Å². The minimum atomic E-state index is -0.530. The highest BCUT2D eigenvalue weighted by molar-refractivity contribution is 5.96. The molecule has 1 aromatic carbocycles. The maximum Gasteiger partial charge on any atom is 0.411 e. The van der Waals surface area contributed by atoms with E-state index in [1.807, 2.05) is 4.90 Å². The highest BCUT2D eigenvalue weighted by atomic mass is 16.5. The molecule has 1 aromatic rings. The van der Waals surface area contributed by atoms with Crippen molar-refractivity contribution in [2.45, 2.75) is 38.1 Å². The average Bonchev–Trinajstić information content (AvgIpc) is 2.94. The van der Waals surface area contributed by atoms with Gasteiger partial charge in [0.05, 0.1) is 7.11 Å². The lowest BCUT2D eigenvalue weighted by atomic mass is 9.78. The topological polar surface area (TPSA) is 58.6 Å². The van der Waals surface area contributed by atoms with Crippen LogP contribution in [-0.2, 0) is 4.74 Å². The number of methoxy groups -OCH3 is 1. The van der Waals surface area contributed by atoms with Gasteiger partial charge in [-0.1, -0.05) is 12.5 Å². The smallest absolute Gasteiger partial charge is 0.411 e. The first-order valence-corrected chi connectivity index (χ1v) is 7.95. The van der Waals surface area contributed by atoms with Gasteiger partial charge in [0, 0.05) is 23.8 Å². The minimum Gasteiger partial charge on any atom is -0.453 e. The number of carbonyl (C=O) groups is 2. The number of hydrogen-bond donors (Lipinski definition) is 1. The molecule has 5 heteroatoms. The van der Waals surface area contributed by atoms with Gasteiger partial charge in [-0.2, -0.15) is 0 Å².